The van der Waals surface area contributed by atoms with Gasteiger partial charge in [-0.1, -0.05) is 12.1 Å². The van der Waals surface area contributed by atoms with Crippen LogP contribution >= 0.6 is 0 Å². The lowest BCUT2D eigenvalue weighted by atomic mass is 10.1. The van der Waals surface area contributed by atoms with Crippen LogP contribution in [0.3, 0.4) is 0 Å². The minimum absolute atomic E-state index is 0.0323. The summed E-state index contributed by atoms with van der Waals surface area (Å²) in [5.74, 6) is 2.34. The van der Waals surface area contributed by atoms with Gasteiger partial charge in [-0.15, -0.1) is 0 Å². The molecule has 0 atom stereocenters. The number of hydrogen-bond acceptors (Lipinski definition) is 4. The van der Waals surface area contributed by atoms with Crippen LogP contribution in [-0.2, 0) is 6.54 Å². The fourth-order valence-corrected chi connectivity index (χ4v) is 3.04. The molecule has 0 saturated carbocycles. The van der Waals surface area contributed by atoms with Crippen LogP contribution < -0.4 is 9.47 Å². The third-order valence-corrected chi connectivity index (χ3v) is 4.32. The third-order valence-electron chi connectivity index (χ3n) is 4.32. The standard InChI is InChI=1S/C20H23NO3/c1-15(22)16-6-5-7-18(12-16)24-19-8-9-20(23-2)17(13-19)14-21-10-3-4-11-21/h5-9,12-13H,3-4,10-11,14H2,1-2H3. The first-order valence-electron chi connectivity index (χ1n) is 8.34. The molecular formula is C20H23NO3. The maximum atomic E-state index is 11.5. The second-order valence-electron chi connectivity index (χ2n) is 6.14. The highest BCUT2D eigenvalue weighted by molar-refractivity contribution is 5.94. The van der Waals surface area contributed by atoms with Crippen molar-refractivity contribution in [3.05, 3.63) is 53.6 Å². The summed E-state index contributed by atoms with van der Waals surface area (Å²) >= 11 is 0. The first-order chi connectivity index (χ1) is 11.7. The molecule has 0 unspecified atom stereocenters. The van der Waals surface area contributed by atoms with E-state index in [1.165, 1.54) is 12.8 Å². The van der Waals surface area contributed by atoms with E-state index < -0.39 is 0 Å². The maximum absolute atomic E-state index is 11.5. The van der Waals surface area contributed by atoms with E-state index in [1.807, 2.05) is 30.3 Å². The largest absolute Gasteiger partial charge is 0.496 e. The van der Waals surface area contributed by atoms with Crippen LogP contribution in [0.2, 0.25) is 0 Å². The Morgan fingerprint density at radius 3 is 2.54 bits per heavy atom. The van der Waals surface area contributed by atoms with Crippen LogP contribution in [0, 0.1) is 0 Å². The van der Waals surface area contributed by atoms with Gasteiger partial charge in [0, 0.05) is 17.7 Å². The topological polar surface area (TPSA) is 38.8 Å². The van der Waals surface area contributed by atoms with Crippen LogP contribution in [0.5, 0.6) is 17.2 Å². The Bertz CT molecular complexity index is 721. The Morgan fingerprint density at radius 2 is 1.83 bits per heavy atom. The van der Waals surface area contributed by atoms with Crippen LogP contribution in [0.25, 0.3) is 0 Å². The number of nitrogens with zero attached hydrogens (tertiary/aromatic N) is 1. The van der Waals surface area contributed by atoms with Gasteiger partial charge in [0.2, 0.25) is 0 Å². The fourth-order valence-electron chi connectivity index (χ4n) is 3.04. The van der Waals surface area contributed by atoms with Crippen LogP contribution in [0.1, 0.15) is 35.7 Å². The van der Waals surface area contributed by atoms with E-state index >= 15 is 0 Å². The fraction of sp³-hybridized carbons (Fsp3) is 0.350. The lowest BCUT2D eigenvalue weighted by Crippen LogP contribution is -2.18. The van der Waals surface area contributed by atoms with E-state index in [4.69, 9.17) is 9.47 Å². The highest BCUT2D eigenvalue weighted by Crippen LogP contribution is 2.29. The zero-order valence-corrected chi connectivity index (χ0v) is 14.2. The first kappa shape index (κ1) is 16.5. The molecule has 0 amide bonds. The number of ether oxygens (including phenoxy) is 2. The molecule has 0 bridgehead atoms. The number of carbonyl (C=O) groups is 1. The quantitative estimate of drug-likeness (QED) is 0.743. The monoisotopic (exact) mass is 325 g/mol. The van der Waals surface area contributed by atoms with Gasteiger partial charge in [0.25, 0.3) is 0 Å². The lowest BCUT2D eigenvalue weighted by molar-refractivity contribution is 0.101. The summed E-state index contributed by atoms with van der Waals surface area (Å²) in [4.78, 5) is 13.9. The Morgan fingerprint density at radius 1 is 1.08 bits per heavy atom. The summed E-state index contributed by atoms with van der Waals surface area (Å²) in [5.41, 5.74) is 1.78. The van der Waals surface area contributed by atoms with Crippen molar-refractivity contribution in [1.82, 2.24) is 4.90 Å². The zero-order valence-electron chi connectivity index (χ0n) is 14.2. The summed E-state index contributed by atoms with van der Waals surface area (Å²) in [5, 5.41) is 0. The molecular weight excluding hydrogens is 302 g/mol. The van der Waals surface area contributed by atoms with Gasteiger partial charge in [-0.2, -0.15) is 0 Å². The number of benzene rings is 2. The van der Waals surface area contributed by atoms with E-state index in [2.05, 4.69) is 4.90 Å². The number of likely N-dealkylation sites (tertiary alicyclic amines) is 1. The molecule has 1 aliphatic rings. The highest BCUT2D eigenvalue weighted by Gasteiger charge is 2.15. The van der Waals surface area contributed by atoms with Crippen molar-refractivity contribution >= 4 is 5.78 Å². The average molecular weight is 325 g/mol. The molecule has 1 fully saturated rings. The summed E-state index contributed by atoms with van der Waals surface area (Å²) in [6, 6.07) is 13.1. The van der Waals surface area contributed by atoms with Crippen LogP contribution in [-0.4, -0.2) is 30.9 Å². The number of rotatable bonds is 6. The minimum atomic E-state index is 0.0323. The van der Waals surface area contributed by atoms with E-state index in [1.54, 1.807) is 26.2 Å². The lowest BCUT2D eigenvalue weighted by Gasteiger charge is -2.18. The Labute approximate surface area is 143 Å². The molecule has 2 aromatic carbocycles. The smallest absolute Gasteiger partial charge is 0.159 e. The summed E-state index contributed by atoms with van der Waals surface area (Å²) in [7, 11) is 1.69. The predicted molar refractivity (Wildman–Crippen MR) is 94.0 cm³/mol. The Balaban J connectivity index is 1.80. The van der Waals surface area contributed by atoms with Crippen molar-refractivity contribution in [3.63, 3.8) is 0 Å². The Kier molecular flexibility index (Phi) is 5.16. The second-order valence-corrected chi connectivity index (χ2v) is 6.14. The van der Waals surface area contributed by atoms with Gasteiger partial charge in [0.05, 0.1) is 7.11 Å². The van der Waals surface area contributed by atoms with Crippen LogP contribution in [0.4, 0.5) is 0 Å². The zero-order chi connectivity index (χ0) is 16.9. The highest BCUT2D eigenvalue weighted by atomic mass is 16.5. The number of ketones is 1. The molecule has 0 N–H and O–H groups in total. The first-order valence-corrected chi connectivity index (χ1v) is 8.34. The molecule has 3 rings (SSSR count). The molecule has 1 heterocycles. The summed E-state index contributed by atoms with van der Waals surface area (Å²) in [6.45, 7) is 4.69. The molecule has 0 radical (unpaired) electrons. The maximum Gasteiger partial charge on any atom is 0.159 e. The van der Waals surface area contributed by atoms with E-state index in [0.29, 0.717) is 11.3 Å². The van der Waals surface area contributed by atoms with Gasteiger partial charge in [-0.25, -0.2) is 0 Å². The molecule has 0 aliphatic carbocycles. The third kappa shape index (κ3) is 3.95. The summed E-state index contributed by atoms with van der Waals surface area (Å²) < 4.78 is 11.4. The van der Waals surface area contributed by atoms with Crippen LogP contribution in [0.15, 0.2) is 42.5 Å². The molecule has 1 aliphatic heterocycles. The SMILES string of the molecule is COc1ccc(Oc2cccc(C(C)=O)c2)cc1CN1CCCC1. The van der Waals surface area contributed by atoms with Crippen molar-refractivity contribution in [3.8, 4) is 17.2 Å². The summed E-state index contributed by atoms with van der Waals surface area (Å²) in [6.07, 6.45) is 2.52. The Hall–Kier alpha value is -2.33. The molecule has 4 nitrogen and oxygen atoms in total. The molecule has 4 heteroatoms. The number of Topliss-reactive ketones (excluding diaryl/α,β-unsaturated/α-hetero) is 1. The van der Waals surface area contributed by atoms with E-state index in [0.717, 1.165) is 36.7 Å². The number of methoxy groups -OCH3 is 1. The van der Waals surface area contributed by atoms with Gasteiger partial charge >= 0.3 is 0 Å². The van der Waals surface area contributed by atoms with Gasteiger partial charge < -0.3 is 9.47 Å². The van der Waals surface area contributed by atoms with Crippen molar-refractivity contribution in [2.24, 2.45) is 0 Å². The second kappa shape index (κ2) is 7.49. The van der Waals surface area contributed by atoms with E-state index in [-0.39, 0.29) is 5.78 Å². The number of hydrogen-bond donors (Lipinski definition) is 0. The van der Waals surface area contributed by atoms with Crippen molar-refractivity contribution < 1.29 is 14.3 Å². The van der Waals surface area contributed by atoms with E-state index in [9.17, 15) is 4.79 Å². The molecule has 126 valence electrons. The minimum Gasteiger partial charge on any atom is -0.496 e. The van der Waals surface area contributed by atoms with Gasteiger partial charge in [-0.05, 0) is 63.2 Å². The average Bonchev–Trinajstić information content (AvgIpc) is 3.08. The van der Waals surface area contributed by atoms with Crippen molar-refractivity contribution in [2.45, 2.75) is 26.3 Å². The molecule has 0 aromatic heterocycles. The van der Waals surface area contributed by atoms with Crippen molar-refractivity contribution in [2.75, 3.05) is 20.2 Å². The van der Waals surface area contributed by atoms with Crippen molar-refractivity contribution in [1.29, 1.82) is 0 Å². The molecule has 1 saturated heterocycles. The predicted octanol–water partition coefficient (Wildman–Crippen LogP) is 4.29. The molecule has 24 heavy (non-hydrogen) atoms. The van der Waals surface area contributed by atoms with Gasteiger partial charge in [0.1, 0.15) is 17.2 Å². The number of carbonyl (C=O) groups excluding carboxylic acids is 1. The van der Waals surface area contributed by atoms with Gasteiger partial charge in [0.15, 0.2) is 5.78 Å². The normalized spacial score (nSPS) is 14.6. The van der Waals surface area contributed by atoms with Gasteiger partial charge in [-0.3, -0.25) is 9.69 Å². The molecule has 0 spiro atoms. The molecule has 2 aromatic rings.